The van der Waals surface area contributed by atoms with E-state index in [1.54, 1.807) is 7.11 Å². The maximum absolute atomic E-state index is 5.30. The van der Waals surface area contributed by atoms with Crippen molar-refractivity contribution in [2.45, 2.75) is 38.5 Å². The van der Waals surface area contributed by atoms with E-state index < -0.39 is 0 Å². The van der Waals surface area contributed by atoms with E-state index in [-0.39, 0.29) is 0 Å². The van der Waals surface area contributed by atoms with Crippen molar-refractivity contribution in [1.29, 1.82) is 0 Å². The summed E-state index contributed by atoms with van der Waals surface area (Å²) in [5, 5.41) is 6.86. The lowest BCUT2D eigenvalue weighted by Crippen LogP contribution is -2.51. The zero-order valence-electron chi connectivity index (χ0n) is 8.26. The normalized spacial score (nSPS) is 31.0. The van der Waals surface area contributed by atoms with Gasteiger partial charge in [-0.2, -0.15) is 0 Å². The Balaban J connectivity index is 2.25. The predicted octanol–water partition coefficient (Wildman–Crippen LogP) is 0.361. The van der Waals surface area contributed by atoms with Crippen LogP contribution in [-0.2, 0) is 4.74 Å². The molecule has 2 atom stereocenters. The van der Waals surface area contributed by atoms with Crippen LogP contribution < -0.4 is 10.6 Å². The lowest BCUT2D eigenvalue weighted by atomic mass is 10.0. The first-order valence-electron chi connectivity index (χ1n) is 4.72. The van der Waals surface area contributed by atoms with Crippen molar-refractivity contribution >= 4 is 0 Å². The van der Waals surface area contributed by atoms with E-state index in [4.69, 9.17) is 4.74 Å². The van der Waals surface area contributed by atoms with Gasteiger partial charge in [0.05, 0.1) is 6.10 Å². The second-order valence-corrected chi connectivity index (χ2v) is 3.77. The molecule has 0 radical (unpaired) electrons. The minimum Gasteiger partial charge on any atom is -0.380 e. The van der Waals surface area contributed by atoms with Crippen LogP contribution in [0.5, 0.6) is 0 Å². The SMILES string of the molecule is CO[C@H]1CNC[C@@H](NC(C)C)C1. The molecule has 1 saturated heterocycles. The summed E-state index contributed by atoms with van der Waals surface area (Å²) in [5.41, 5.74) is 0. The van der Waals surface area contributed by atoms with Gasteiger partial charge < -0.3 is 15.4 Å². The maximum Gasteiger partial charge on any atom is 0.0711 e. The molecule has 0 amide bonds. The monoisotopic (exact) mass is 172 g/mol. The van der Waals surface area contributed by atoms with E-state index in [9.17, 15) is 0 Å². The smallest absolute Gasteiger partial charge is 0.0711 e. The van der Waals surface area contributed by atoms with E-state index in [0.29, 0.717) is 18.2 Å². The fraction of sp³-hybridized carbons (Fsp3) is 1.00. The summed E-state index contributed by atoms with van der Waals surface area (Å²) in [6.07, 6.45) is 1.51. The van der Waals surface area contributed by atoms with Crippen LogP contribution in [0.2, 0.25) is 0 Å². The van der Waals surface area contributed by atoms with Crippen LogP contribution in [0.25, 0.3) is 0 Å². The Morgan fingerprint density at radius 3 is 2.75 bits per heavy atom. The third-order valence-corrected chi connectivity index (χ3v) is 2.21. The zero-order valence-corrected chi connectivity index (χ0v) is 8.26. The van der Waals surface area contributed by atoms with Crippen molar-refractivity contribution in [1.82, 2.24) is 10.6 Å². The molecule has 0 spiro atoms. The number of methoxy groups -OCH3 is 1. The quantitative estimate of drug-likeness (QED) is 0.645. The Labute approximate surface area is 74.9 Å². The highest BCUT2D eigenvalue weighted by Gasteiger charge is 2.20. The summed E-state index contributed by atoms with van der Waals surface area (Å²) in [4.78, 5) is 0. The molecular weight excluding hydrogens is 152 g/mol. The Morgan fingerprint density at radius 2 is 2.17 bits per heavy atom. The first kappa shape index (κ1) is 9.96. The molecule has 0 bridgehead atoms. The third-order valence-electron chi connectivity index (χ3n) is 2.21. The van der Waals surface area contributed by atoms with Gasteiger partial charge in [0.15, 0.2) is 0 Å². The molecule has 0 aromatic carbocycles. The van der Waals surface area contributed by atoms with E-state index in [0.717, 1.165) is 19.5 Å². The van der Waals surface area contributed by atoms with Crippen molar-refractivity contribution in [3.63, 3.8) is 0 Å². The van der Waals surface area contributed by atoms with E-state index in [2.05, 4.69) is 24.5 Å². The van der Waals surface area contributed by atoms with Gasteiger partial charge in [-0.15, -0.1) is 0 Å². The van der Waals surface area contributed by atoms with Crippen molar-refractivity contribution in [2.24, 2.45) is 0 Å². The van der Waals surface area contributed by atoms with Crippen molar-refractivity contribution in [2.75, 3.05) is 20.2 Å². The van der Waals surface area contributed by atoms with E-state index in [1.807, 2.05) is 0 Å². The molecule has 3 heteroatoms. The second kappa shape index (κ2) is 4.80. The maximum atomic E-state index is 5.30. The van der Waals surface area contributed by atoms with Crippen LogP contribution in [0.3, 0.4) is 0 Å². The molecular formula is C9H20N2O. The van der Waals surface area contributed by atoms with Crippen LogP contribution in [0.4, 0.5) is 0 Å². The van der Waals surface area contributed by atoms with Gasteiger partial charge in [-0.3, -0.25) is 0 Å². The number of nitrogens with one attached hydrogen (secondary N) is 2. The van der Waals surface area contributed by atoms with Gasteiger partial charge in [0.25, 0.3) is 0 Å². The summed E-state index contributed by atoms with van der Waals surface area (Å²) in [5.74, 6) is 0. The third kappa shape index (κ3) is 3.09. The molecule has 2 N–H and O–H groups in total. The van der Waals surface area contributed by atoms with Gasteiger partial charge >= 0.3 is 0 Å². The predicted molar refractivity (Wildman–Crippen MR) is 50.3 cm³/mol. The van der Waals surface area contributed by atoms with Crippen LogP contribution >= 0.6 is 0 Å². The summed E-state index contributed by atoms with van der Waals surface area (Å²) >= 11 is 0. The lowest BCUT2D eigenvalue weighted by molar-refractivity contribution is 0.0680. The second-order valence-electron chi connectivity index (χ2n) is 3.77. The van der Waals surface area contributed by atoms with Gasteiger partial charge in [-0.1, -0.05) is 13.8 Å². The van der Waals surface area contributed by atoms with Crippen molar-refractivity contribution in [3.8, 4) is 0 Å². The molecule has 0 unspecified atom stereocenters. The average molecular weight is 172 g/mol. The zero-order chi connectivity index (χ0) is 8.97. The molecule has 0 saturated carbocycles. The summed E-state index contributed by atoms with van der Waals surface area (Å²) in [6.45, 7) is 6.41. The molecule has 1 heterocycles. The van der Waals surface area contributed by atoms with Crippen LogP contribution in [0, 0.1) is 0 Å². The minimum atomic E-state index is 0.384. The number of hydrogen-bond acceptors (Lipinski definition) is 3. The molecule has 1 aliphatic rings. The van der Waals surface area contributed by atoms with Gasteiger partial charge in [0.2, 0.25) is 0 Å². The van der Waals surface area contributed by atoms with Crippen LogP contribution in [0.15, 0.2) is 0 Å². The number of ether oxygens (including phenoxy) is 1. The van der Waals surface area contributed by atoms with Crippen molar-refractivity contribution < 1.29 is 4.74 Å². The molecule has 1 aliphatic heterocycles. The van der Waals surface area contributed by atoms with Gasteiger partial charge in [0, 0.05) is 32.3 Å². The molecule has 1 rings (SSSR count). The first-order chi connectivity index (χ1) is 5.72. The molecule has 72 valence electrons. The highest BCUT2D eigenvalue weighted by atomic mass is 16.5. The lowest BCUT2D eigenvalue weighted by Gasteiger charge is -2.31. The molecule has 12 heavy (non-hydrogen) atoms. The summed E-state index contributed by atoms with van der Waals surface area (Å²) in [7, 11) is 1.78. The standard InChI is InChI=1S/C9H20N2O/c1-7(2)11-8-4-9(12-3)6-10-5-8/h7-11H,4-6H2,1-3H3/t8-,9+/m0/s1. The summed E-state index contributed by atoms with van der Waals surface area (Å²) < 4.78 is 5.30. The average Bonchev–Trinajstić information content (AvgIpc) is 2.03. The minimum absolute atomic E-state index is 0.384. The number of piperidine rings is 1. The fourth-order valence-corrected chi connectivity index (χ4v) is 1.68. The Hall–Kier alpha value is -0.120. The van der Waals surface area contributed by atoms with E-state index >= 15 is 0 Å². The number of rotatable bonds is 3. The molecule has 0 aliphatic carbocycles. The molecule has 0 aromatic rings. The van der Waals surface area contributed by atoms with Gasteiger partial charge in [-0.25, -0.2) is 0 Å². The van der Waals surface area contributed by atoms with Crippen LogP contribution in [0.1, 0.15) is 20.3 Å². The highest BCUT2D eigenvalue weighted by molar-refractivity contribution is 4.82. The molecule has 3 nitrogen and oxygen atoms in total. The van der Waals surface area contributed by atoms with Crippen LogP contribution in [-0.4, -0.2) is 38.4 Å². The van der Waals surface area contributed by atoms with Gasteiger partial charge in [0.1, 0.15) is 0 Å². The number of hydrogen-bond donors (Lipinski definition) is 2. The topological polar surface area (TPSA) is 33.3 Å². The Morgan fingerprint density at radius 1 is 1.42 bits per heavy atom. The van der Waals surface area contributed by atoms with Gasteiger partial charge in [-0.05, 0) is 6.42 Å². The Kier molecular flexibility index (Phi) is 3.98. The highest BCUT2D eigenvalue weighted by Crippen LogP contribution is 2.06. The first-order valence-corrected chi connectivity index (χ1v) is 4.72. The van der Waals surface area contributed by atoms with E-state index in [1.165, 1.54) is 0 Å². The largest absolute Gasteiger partial charge is 0.380 e. The summed E-state index contributed by atoms with van der Waals surface area (Å²) in [6, 6.07) is 1.14. The molecule has 0 aromatic heterocycles. The molecule has 1 fully saturated rings. The van der Waals surface area contributed by atoms with Crippen molar-refractivity contribution in [3.05, 3.63) is 0 Å². The fourth-order valence-electron chi connectivity index (χ4n) is 1.68. The Bertz CT molecular complexity index is 128.